The summed E-state index contributed by atoms with van der Waals surface area (Å²) in [6.07, 6.45) is 2.10. The van der Waals surface area contributed by atoms with Gasteiger partial charge in [-0.15, -0.1) is 0 Å². The zero-order valence-electron chi connectivity index (χ0n) is 11.5. The number of aryl methyl sites for hydroxylation is 1. The summed E-state index contributed by atoms with van der Waals surface area (Å²) in [5.74, 6) is 1.21. The lowest BCUT2D eigenvalue weighted by Crippen LogP contribution is -2.10. The Morgan fingerprint density at radius 1 is 1.24 bits per heavy atom. The van der Waals surface area contributed by atoms with Crippen LogP contribution in [0, 0.1) is 6.92 Å². The molecule has 0 amide bonds. The van der Waals surface area contributed by atoms with E-state index in [0.29, 0.717) is 10.9 Å². The molecule has 0 unspecified atom stereocenters. The Balaban J connectivity index is 1.76. The topological polar surface area (TPSA) is 77.8 Å². The molecule has 2 N–H and O–H groups in total. The second-order valence-electron chi connectivity index (χ2n) is 5.38. The monoisotopic (exact) mass is 298 g/mol. The van der Waals surface area contributed by atoms with Gasteiger partial charge in [-0.3, -0.25) is 0 Å². The van der Waals surface area contributed by atoms with Crippen molar-refractivity contribution in [3.05, 3.63) is 47.4 Å². The van der Waals surface area contributed by atoms with Gasteiger partial charge in [-0.25, -0.2) is 0 Å². The van der Waals surface area contributed by atoms with E-state index in [1.165, 1.54) is 17.1 Å². The van der Waals surface area contributed by atoms with Crippen LogP contribution < -0.4 is 5.73 Å². The Labute approximate surface area is 126 Å². The third-order valence-corrected chi connectivity index (χ3v) is 4.80. The Kier molecular flexibility index (Phi) is 2.62. The Bertz CT molecular complexity index is 770. The molecule has 5 nitrogen and oxygen atoms in total. The molecule has 1 fully saturated rings. The average molecular weight is 298 g/mol. The van der Waals surface area contributed by atoms with Gasteiger partial charge in [-0.2, -0.15) is 9.36 Å². The van der Waals surface area contributed by atoms with Gasteiger partial charge in [0.15, 0.2) is 5.82 Å². The number of nitrogen functional groups attached to an aromatic ring is 1. The minimum absolute atomic E-state index is 0.0882. The van der Waals surface area contributed by atoms with E-state index in [0.717, 1.165) is 29.9 Å². The van der Waals surface area contributed by atoms with E-state index in [4.69, 9.17) is 10.3 Å². The first-order valence-electron chi connectivity index (χ1n) is 6.82. The first kappa shape index (κ1) is 12.5. The first-order valence-corrected chi connectivity index (χ1v) is 7.60. The van der Waals surface area contributed by atoms with Crippen LogP contribution in [0.5, 0.6) is 0 Å². The maximum absolute atomic E-state index is 5.95. The van der Waals surface area contributed by atoms with Gasteiger partial charge in [0.1, 0.15) is 5.00 Å². The molecule has 4 rings (SSSR count). The smallest absolute Gasteiger partial charge is 0.262 e. The number of hydrogen-bond donors (Lipinski definition) is 1. The number of anilines is 1. The van der Waals surface area contributed by atoms with Crippen molar-refractivity contribution in [2.75, 3.05) is 5.73 Å². The molecule has 3 aromatic rings. The third kappa shape index (κ3) is 1.86. The maximum atomic E-state index is 5.95. The fourth-order valence-corrected chi connectivity index (χ4v) is 3.34. The Morgan fingerprint density at radius 3 is 2.62 bits per heavy atom. The molecular weight excluding hydrogens is 284 g/mol. The molecule has 1 aliphatic rings. The van der Waals surface area contributed by atoms with Crippen LogP contribution in [0.15, 0.2) is 34.9 Å². The van der Waals surface area contributed by atoms with Gasteiger partial charge >= 0.3 is 0 Å². The summed E-state index contributed by atoms with van der Waals surface area (Å²) < 4.78 is 9.67. The van der Waals surface area contributed by atoms with E-state index < -0.39 is 0 Å². The fraction of sp³-hybridized carbons (Fsp3) is 0.267. The van der Waals surface area contributed by atoms with Crippen molar-refractivity contribution in [1.82, 2.24) is 14.5 Å². The minimum Gasteiger partial charge on any atom is -0.389 e. The molecule has 0 bridgehead atoms. The molecule has 0 aliphatic heterocycles. The van der Waals surface area contributed by atoms with Crippen LogP contribution in [0.3, 0.4) is 0 Å². The van der Waals surface area contributed by atoms with Gasteiger partial charge in [0, 0.05) is 0 Å². The number of hydrogen-bond acceptors (Lipinski definition) is 6. The predicted molar refractivity (Wildman–Crippen MR) is 81.0 cm³/mol. The molecule has 0 radical (unpaired) electrons. The van der Waals surface area contributed by atoms with E-state index in [2.05, 4.69) is 26.6 Å². The second-order valence-corrected chi connectivity index (χ2v) is 6.18. The highest BCUT2D eigenvalue weighted by Gasteiger charge is 2.50. The minimum atomic E-state index is -0.0882. The van der Waals surface area contributed by atoms with Crippen molar-refractivity contribution in [3.63, 3.8) is 0 Å². The van der Waals surface area contributed by atoms with Crippen LogP contribution in [-0.2, 0) is 5.41 Å². The van der Waals surface area contributed by atoms with Crippen molar-refractivity contribution >= 4 is 16.5 Å². The Morgan fingerprint density at radius 2 is 2.00 bits per heavy atom. The van der Waals surface area contributed by atoms with Gasteiger partial charge < -0.3 is 10.3 Å². The summed E-state index contributed by atoms with van der Waals surface area (Å²) in [5.41, 5.74) is 8.70. The molecule has 2 heterocycles. The molecule has 1 saturated carbocycles. The van der Waals surface area contributed by atoms with Crippen LogP contribution in [0.2, 0.25) is 0 Å². The third-order valence-electron chi connectivity index (χ3n) is 4.03. The van der Waals surface area contributed by atoms with Crippen molar-refractivity contribution < 1.29 is 4.52 Å². The second kappa shape index (κ2) is 4.39. The Hall–Kier alpha value is -2.21. The number of aromatic nitrogens is 3. The molecular formula is C15H14N4OS. The van der Waals surface area contributed by atoms with E-state index in [1.807, 2.05) is 25.1 Å². The van der Waals surface area contributed by atoms with Gasteiger partial charge in [-0.1, -0.05) is 35.5 Å². The van der Waals surface area contributed by atoms with Crippen LogP contribution in [0.25, 0.3) is 11.5 Å². The highest BCUT2D eigenvalue weighted by atomic mass is 32.1. The van der Waals surface area contributed by atoms with Crippen molar-refractivity contribution in [2.24, 2.45) is 0 Å². The fourth-order valence-electron chi connectivity index (χ4n) is 2.69. The van der Waals surface area contributed by atoms with E-state index in [-0.39, 0.29) is 5.41 Å². The lowest BCUT2D eigenvalue weighted by Gasteiger charge is -2.09. The summed E-state index contributed by atoms with van der Waals surface area (Å²) in [4.78, 5) is 4.59. The molecule has 1 aromatic carbocycles. The van der Waals surface area contributed by atoms with E-state index in [9.17, 15) is 0 Å². The van der Waals surface area contributed by atoms with Gasteiger partial charge in [0.05, 0.1) is 16.7 Å². The standard InChI is InChI=1S/C15H14N4OS/c1-9-11(12(16)21-19-9)13-17-14(18-20-13)15(7-8-15)10-5-3-2-4-6-10/h2-6H,7-8,16H2,1H3. The normalized spacial score (nSPS) is 16.0. The molecule has 21 heavy (non-hydrogen) atoms. The maximum Gasteiger partial charge on any atom is 0.262 e. The average Bonchev–Trinajstić information content (AvgIpc) is 3.06. The van der Waals surface area contributed by atoms with E-state index >= 15 is 0 Å². The summed E-state index contributed by atoms with van der Waals surface area (Å²) in [6.45, 7) is 1.90. The molecule has 2 aromatic heterocycles. The molecule has 6 heteroatoms. The lowest BCUT2D eigenvalue weighted by atomic mass is 9.95. The molecule has 0 atom stereocenters. The van der Waals surface area contributed by atoms with Crippen molar-refractivity contribution in [2.45, 2.75) is 25.2 Å². The molecule has 106 valence electrons. The lowest BCUT2D eigenvalue weighted by molar-refractivity contribution is 0.418. The predicted octanol–water partition coefficient (Wildman–Crippen LogP) is 3.16. The summed E-state index contributed by atoms with van der Waals surface area (Å²) in [7, 11) is 0. The summed E-state index contributed by atoms with van der Waals surface area (Å²) >= 11 is 1.25. The highest BCUT2D eigenvalue weighted by molar-refractivity contribution is 7.10. The zero-order chi connectivity index (χ0) is 14.4. The van der Waals surface area contributed by atoms with Crippen LogP contribution in [0.1, 0.15) is 29.9 Å². The van der Waals surface area contributed by atoms with Crippen molar-refractivity contribution in [1.29, 1.82) is 0 Å². The van der Waals surface area contributed by atoms with Crippen LogP contribution >= 0.6 is 11.5 Å². The molecule has 1 aliphatic carbocycles. The van der Waals surface area contributed by atoms with E-state index in [1.54, 1.807) is 0 Å². The summed E-state index contributed by atoms with van der Waals surface area (Å²) in [6, 6.07) is 10.3. The first-order chi connectivity index (χ1) is 10.2. The SMILES string of the molecule is Cc1nsc(N)c1-c1nc(C2(c3ccccc3)CC2)no1. The quantitative estimate of drug-likeness (QED) is 0.803. The van der Waals surface area contributed by atoms with Gasteiger partial charge in [-0.05, 0) is 36.9 Å². The summed E-state index contributed by atoms with van der Waals surface area (Å²) in [5, 5.41) is 4.82. The number of nitrogens with two attached hydrogens (primary N) is 1. The molecule has 0 saturated heterocycles. The van der Waals surface area contributed by atoms with Gasteiger partial charge in [0.2, 0.25) is 0 Å². The zero-order valence-corrected chi connectivity index (χ0v) is 12.4. The van der Waals surface area contributed by atoms with Crippen molar-refractivity contribution in [3.8, 4) is 11.5 Å². The number of rotatable bonds is 3. The van der Waals surface area contributed by atoms with Crippen LogP contribution in [-0.4, -0.2) is 14.5 Å². The highest BCUT2D eigenvalue weighted by Crippen LogP contribution is 2.52. The van der Waals surface area contributed by atoms with Crippen LogP contribution in [0.4, 0.5) is 5.00 Å². The number of nitrogens with zero attached hydrogens (tertiary/aromatic N) is 3. The number of benzene rings is 1. The largest absolute Gasteiger partial charge is 0.389 e. The van der Waals surface area contributed by atoms with Gasteiger partial charge in [0.25, 0.3) is 5.89 Å². The molecule has 0 spiro atoms.